The van der Waals surface area contributed by atoms with Gasteiger partial charge in [0.2, 0.25) is 0 Å². The molecule has 0 radical (unpaired) electrons. The molecular weight excluding hydrogens is 260 g/mol. The Balaban J connectivity index is 1.66. The molecular formula is C18H28N2O. The van der Waals surface area contributed by atoms with Crippen LogP contribution in [0.15, 0.2) is 24.3 Å². The Morgan fingerprint density at radius 2 is 1.95 bits per heavy atom. The van der Waals surface area contributed by atoms with Crippen molar-refractivity contribution in [3.05, 3.63) is 35.4 Å². The van der Waals surface area contributed by atoms with E-state index in [4.69, 9.17) is 10.5 Å². The van der Waals surface area contributed by atoms with E-state index in [2.05, 4.69) is 36.2 Å². The molecule has 1 unspecified atom stereocenters. The summed E-state index contributed by atoms with van der Waals surface area (Å²) in [6, 6.07) is 9.19. The first-order valence-electron chi connectivity index (χ1n) is 8.33. The highest BCUT2D eigenvalue weighted by Gasteiger charge is 2.40. The van der Waals surface area contributed by atoms with Crippen LogP contribution in [0.2, 0.25) is 0 Å². The van der Waals surface area contributed by atoms with Crippen molar-refractivity contribution in [3.8, 4) is 0 Å². The third kappa shape index (κ3) is 3.31. The van der Waals surface area contributed by atoms with Crippen LogP contribution < -0.4 is 5.73 Å². The molecule has 3 rings (SSSR count). The van der Waals surface area contributed by atoms with Gasteiger partial charge in [0.25, 0.3) is 0 Å². The number of hydrogen-bond donors (Lipinski definition) is 1. The maximum absolute atomic E-state index is 6.16. The van der Waals surface area contributed by atoms with Crippen molar-refractivity contribution in [1.82, 2.24) is 4.90 Å². The monoisotopic (exact) mass is 288 g/mol. The summed E-state index contributed by atoms with van der Waals surface area (Å²) in [6.45, 7) is 2.55. The summed E-state index contributed by atoms with van der Waals surface area (Å²) < 4.78 is 6.16. The molecule has 1 aliphatic carbocycles. The second kappa shape index (κ2) is 6.47. The zero-order chi connectivity index (χ0) is 14.7. The lowest BCUT2D eigenvalue weighted by Gasteiger charge is -2.42. The molecule has 3 nitrogen and oxygen atoms in total. The lowest BCUT2D eigenvalue weighted by Crippen LogP contribution is -2.46. The number of nitrogens with zero attached hydrogens (tertiary/aromatic N) is 1. The molecule has 21 heavy (non-hydrogen) atoms. The highest BCUT2D eigenvalue weighted by molar-refractivity contribution is 5.26. The van der Waals surface area contributed by atoms with Gasteiger partial charge in [-0.25, -0.2) is 0 Å². The number of nitrogens with two attached hydrogens (primary N) is 1. The van der Waals surface area contributed by atoms with E-state index in [9.17, 15) is 0 Å². The Kier molecular flexibility index (Phi) is 4.63. The molecule has 1 aromatic carbocycles. The fourth-order valence-corrected chi connectivity index (χ4v) is 4.05. The highest BCUT2D eigenvalue weighted by atomic mass is 16.5. The van der Waals surface area contributed by atoms with Crippen LogP contribution in [0.4, 0.5) is 0 Å². The molecule has 1 heterocycles. The lowest BCUT2D eigenvalue weighted by atomic mass is 9.88. The second-order valence-electron chi connectivity index (χ2n) is 6.77. The highest BCUT2D eigenvalue weighted by Crippen LogP contribution is 2.41. The van der Waals surface area contributed by atoms with Crippen molar-refractivity contribution in [1.29, 1.82) is 0 Å². The van der Waals surface area contributed by atoms with E-state index in [-0.39, 0.29) is 5.60 Å². The lowest BCUT2D eigenvalue weighted by molar-refractivity contribution is -0.0997. The largest absolute Gasteiger partial charge is 0.375 e. The molecule has 1 atom stereocenters. The number of hydrogen-bond acceptors (Lipinski definition) is 3. The van der Waals surface area contributed by atoms with Crippen LogP contribution in [-0.4, -0.2) is 30.2 Å². The molecule has 1 saturated heterocycles. The Hall–Kier alpha value is -0.900. The summed E-state index contributed by atoms with van der Waals surface area (Å²) in [5, 5.41) is 0. The van der Waals surface area contributed by atoms with Crippen LogP contribution in [0.3, 0.4) is 0 Å². The SMILES string of the molecule is CN(Cc1ccccc1CN)C1CCOC2(CCCC2)C1. The van der Waals surface area contributed by atoms with Crippen molar-refractivity contribution in [3.63, 3.8) is 0 Å². The van der Waals surface area contributed by atoms with Crippen molar-refractivity contribution < 1.29 is 4.74 Å². The zero-order valence-corrected chi connectivity index (χ0v) is 13.2. The van der Waals surface area contributed by atoms with E-state index in [0.29, 0.717) is 12.6 Å². The van der Waals surface area contributed by atoms with Crippen LogP contribution in [0, 0.1) is 0 Å². The van der Waals surface area contributed by atoms with Gasteiger partial charge in [-0.15, -0.1) is 0 Å². The molecule has 0 aromatic heterocycles. The molecule has 3 heteroatoms. The second-order valence-corrected chi connectivity index (χ2v) is 6.77. The minimum absolute atomic E-state index is 0.199. The van der Waals surface area contributed by atoms with Crippen molar-refractivity contribution >= 4 is 0 Å². The normalized spacial score (nSPS) is 24.8. The molecule has 1 spiro atoms. The summed E-state index contributed by atoms with van der Waals surface area (Å²) in [6.07, 6.45) is 7.56. The predicted molar refractivity (Wildman–Crippen MR) is 86.0 cm³/mol. The quantitative estimate of drug-likeness (QED) is 0.925. The molecule has 2 aliphatic rings. The first-order valence-corrected chi connectivity index (χ1v) is 8.33. The van der Waals surface area contributed by atoms with E-state index in [0.717, 1.165) is 19.6 Å². The van der Waals surface area contributed by atoms with Gasteiger partial charge in [0.15, 0.2) is 0 Å². The first-order chi connectivity index (χ1) is 10.2. The molecule has 2 N–H and O–H groups in total. The average Bonchev–Trinajstić information content (AvgIpc) is 2.95. The minimum atomic E-state index is 0.199. The van der Waals surface area contributed by atoms with E-state index in [1.54, 1.807) is 0 Å². The van der Waals surface area contributed by atoms with Crippen molar-refractivity contribution in [2.75, 3.05) is 13.7 Å². The molecule has 1 aromatic rings. The van der Waals surface area contributed by atoms with Gasteiger partial charge in [0, 0.05) is 25.7 Å². The molecule has 1 saturated carbocycles. The van der Waals surface area contributed by atoms with Gasteiger partial charge in [-0.2, -0.15) is 0 Å². The summed E-state index contributed by atoms with van der Waals surface area (Å²) >= 11 is 0. The Morgan fingerprint density at radius 3 is 2.67 bits per heavy atom. The maximum Gasteiger partial charge on any atom is 0.0697 e. The Bertz CT molecular complexity index is 468. The zero-order valence-electron chi connectivity index (χ0n) is 13.2. The van der Waals surface area contributed by atoms with Gasteiger partial charge >= 0.3 is 0 Å². The van der Waals surface area contributed by atoms with Crippen LogP contribution in [0.1, 0.15) is 49.7 Å². The fourth-order valence-electron chi connectivity index (χ4n) is 4.05. The Morgan fingerprint density at radius 1 is 1.24 bits per heavy atom. The van der Waals surface area contributed by atoms with Gasteiger partial charge in [0.1, 0.15) is 0 Å². The van der Waals surface area contributed by atoms with Crippen LogP contribution in [-0.2, 0) is 17.8 Å². The molecule has 2 fully saturated rings. The molecule has 116 valence electrons. The third-order valence-corrected chi connectivity index (χ3v) is 5.36. The predicted octanol–water partition coefficient (Wildman–Crippen LogP) is 3.07. The maximum atomic E-state index is 6.16. The number of rotatable bonds is 4. The van der Waals surface area contributed by atoms with Crippen LogP contribution in [0.25, 0.3) is 0 Å². The van der Waals surface area contributed by atoms with Crippen molar-refractivity contribution in [2.24, 2.45) is 5.73 Å². The van der Waals surface area contributed by atoms with E-state index in [1.165, 1.54) is 43.2 Å². The molecule has 0 bridgehead atoms. The van der Waals surface area contributed by atoms with Crippen molar-refractivity contribution in [2.45, 2.75) is 63.3 Å². The first kappa shape index (κ1) is 15.0. The van der Waals surface area contributed by atoms with Crippen LogP contribution >= 0.6 is 0 Å². The molecule has 1 aliphatic heterocycles. The fraction of sp³-hybridized carbons (Fsp3) is 0.667. The van der Waals surface area contributed by atoms with Crippen LogP contribution in [0.5, 0.6) is 0 Å². The minimum Gasteiger partial charge on any atom is -0.375 e. The van der Waals surface area contributed by atoms with E-state index in [1.807, 2.05) is 0 Å². The van der Waals surface area contributed by atoms with E-state index < -0.39 is 0 Å². The van der Waals surface area contributed by atoms with Gasteiger partial charge in [0.05, 0.1) is 5.60 Å². The summed E-state index contributed by atoms with van der Waals surface area (Å²) in [4.78, 5) is 2.51. The van der Waals surface area contributed by atoms with E-state index >= 15 is 0 Å². The summed E-state index contributed by atoms with van der Waals surface area (Å²) in [7, 11) is 2.26. The number of ether oxygens (including phenoxy) is 1. The third-order valence-electron chi connectivity index (χ3n) is 5.36. The van der Waals surface area contributed by atoms with Gasteiger partial charge < -0.3 is 10.5 Å². The molecule has 0 amide bonds. The average molecular weight is 288 g/mol. The van der Waals surface area contributed by atoms with Gasteiger partial charge in [-0.05, 0) is 43.9 Å². The summed E-state index contributed by atoms with van der Waals surface area (Å²) in [5.74, 6) is 0. The number of benzene rings is 1. The van der Waals surface area contributed by atoms with Gasteiger partial charge in [-0.3, -0.25) is 4.90 Å². The smallest absolute Gasteiger partial charge is 0.0697 e. The summed E-state index contributed by atoms with van der Waals surface area (Å²) in [5.41, 5.74) is 8.70. The standard InChI is InChI=1S/C18H28N2O/c1-20(14-16-7-3-2-6-15(16)13-19)17-8-11-21-18(12-17)9-4-5-10-18/h2-3,6-7,17H,4-5,8-14,19H2,1H3. The van der Waals surface area contributed by atoms with Gasteiger partial charge in [-0.1, -0.05) is 37.1 Å². The topological polar surface area (TPSA) is 38.5 Å². The Labute approximate surface area is 128 Å².